The number of halogens is 1. The summed E-state index contributed by atoms with van der Waals surface area (Å²) in [5.74, 6) is -0.241. The van der Waals surface area contributed by atoms with E-state index in [0.717, 1.165) is 19.3 Å². The number of nitrogens with zero attached hydrogens (tertiary/aromatic N) is 1. The van der Waals surface area contributed by atoms with Crippen LogP contribution in [0.2, 0.25) is 5.02 Å². The maximum Gasteiger partial charge on any atom is 0.358 e. The third-order valence-corrected chi connectivity index (χ3v) is 4.05. The van der Waals surface area contributed by atoms with Crippen molar-refractivity contribution in [3.8, 4) is 22.8 Å². The molecule has 7 heteroatoms. The molecule has 4 rings (SSSR count). The van der Waals surface area contributed by atoms with E-state index < -0.39 is 11.8 Å². The van der Waals surface area contributed by atoms with Crippen LogP contribution in [0.1, 0.15) is 29.8 Å². The van der Waals surface area contributed by atoms with E-state index in [1.54, 1.807) is 12.1 Å². The van der Waals surface area contributed by atoms with Crippen molar-refractivity contribution in [2.45, 2.75) is 25.0 Å². The third-order valence-electron chi connectivity index (χ3n) is 3.74. The van der Waals surface area contributed by atoms with Crippen molar-refractivity contribution in [1.29, 1.82) is 0 Å². The molecule has 0 bridgehead atoms. The van der Waals surface area contributed by atoms with E-state index in [2.05, 4.69) is 5.16 Å². The Morgan fingerprint density at radius 1 is 1.24 bits per heavy atom. The summed E-state index contributed by atoms with van der Waals surface area (Å²) in [5, 5.41) is 12.7. The molecule has 2 aliphatic rings. The number of hydrogen-bond donors (Lipinski definition) is 1. The van der Waals surface area contributed by atoms with Crippen molar-refractivity contribution < 1.29 is 23.9 Å². The van der Waals surface area contributed by atoms with E-state index in [1.807, 2.05) is 0 Å². The summed E-state index contributed by atoms with van der Waals surface area (Å²) in [5.41, 5.74) is 0.351. The first-order chi connectivity index (χ1) is 10.1. The Balaban J connectivity index is 1.74. The Morgan fingerprint density at radius 3 is 2.52 bits per heavy atom. The molecular formula is C14H10ClNO5. The molecule has 2 heterocycles. The van der Waals surface area contributed by atoms with E-state index in [-0.39, 0.29) is 11.5 Å². The predicted molar refractivity (Wildman–Crippen MR) is 71.7 cm³/mol. The number of carbonyl (C=O) groups is 1. The highest BCUT2D eigenvalue weighted by Crippen LogP contribution is 2.50. The Hall–Kier alpha value is -2.21. The lowest BCUT2D eigenvalue weighted by Gasteiger charge is -2.35. The fraction of sp³-hybridized carbons (Fsp3) is 0.286. The topological polar surface area (TPSA) is 81.8 Å². The zero-order valence-corrected chi connectivity index (χ0v) is 11.5. The van der Waals surface area contributed by atoms with E-state index in [0.29, 0.717) is 22.1 Å². The van der Waals surface area contributed by atoms with Crippen LogP contribution in [0.25, 0.3) is 11.3 Å². The van der Waals surface area contributed by atoms with E-state index in [4.69, 9.17) is 30.7 Å². The van der Waals surface area contributed by atoms with Gasteiger partial charge < -0.3 is 19.1 Å². The second kappa shape index (κ2) is 4.14. The number of carboxylic acids is 1. The summed E-state index contributed by atoms with van der Waals surface area (Å²) >= 11 is 6.21. The fourth-order valence-electron chi connectivity index (χ4n) is 2.48. The zero-order chi connectivity index (χ0) is 14.6. The number of fused-ring (bicyclic) bond motifs is 1. The van der Waals surface area contributed by atoms with Crippen molar-refractivity contribution in [3.05, 3.63) is 28.9 Å². The second-order valence-electron chi connectivity index (χ2n) is 5.13. The lowest BCUT2D eigenvalue weighted by Crippen LogP contribution is -2.45. The summed E-state index contributed by atoms with van der Waals surface area (Å²) < 4.78 is 16.7. The lowest BCUT2D eigenvalue weighted by molar-refractivity contribution is -0.138. The molecular weight excluding hydrogens is 298 g/mol. The molecule has 1 aliphatic carbocycles. The average molecular weight is 308 g/mol. The number of ether oxygens (including phenoxy) is 2. The molecule has 1 aliphatic heterocycles. The number of aromatic nitrogens is 1. The molecule has 1 aromatic heterocycles. The van der Waals surface area contributed by atoms with Gasteiger partial charge in [-0.2, -0.15) is 0 Å². The molecule has 1 aromatic carbocycles. The quantitative estimate of drug-likeness (QED) is 0.916. The molecule has 1 N–H and O–H groups in total. The first kappa shape index (κ1) is 12.5. The summed E-state index contributed by atoms with van der Waals surface area (Å²) in [7, 11) is 0. The van der Waals surface area contributed by atoms with Crippen molar-refractivity contribution in [2.24, 2.45) is 0 Å². The van der Waals surface area contributed by atoms with Crippen LogP contribution in [0.5, 0.6) is 11.5 Å². The minimum Gasteiger partial charge on any atom is -0.476 e. The highest BCUT2D eigenvalue weighted by atomic mass is 35.5. The van der Waals surface area contributed by atoms with Crippen LogP contribution in [-0.2, 0) is 0 Å². The van der Waals surface area contributed by atoms with Gasteiger partial charge in [0.05, 0.1) is 5.02 Å². The molecule has 0 atom stereocenters. The minimum absolute atomic E-state index is 0.172. The van der Waals surface area contributed by atoms with Gasteiger partial charge in [-0.15, -0.1) is 0 Å². The standard InChI is InChI=1S/C14H10ClNO5/c15-8-5-12-11(19-14(20-12)2-1-3-14)4-7(8)10-6-9(13(17)18)16-21-10/h4-6H,1-3H2,(H,17,18). The number of benzene rings is 1. The van der Waals surface area contributed by atoms with Gasteiger partial charge in [-0.05, 0) is 12.5 Å². The number of rotatable bonds is 2. The van der Waals surface area contributed by atoms with Crippen LogP contribution >= 0.6 is 11.6 Å². The highest BCUT2D eigenvalue weighted by Gasteiger charge is 2.47. The summed E-state index contributed by atoms with van der Waals surface area (Å²) in [6.45, 7) is 0. The van der Waals surface area contributed by atoms with Gasteiger partial charge in [0, 0.05) is 30.5 Å². The maximum atomic E-state index is 10.8. The van der Waals surface area contributed by atoms with Gasteiger partial charge >= 0.3 is 5.97 Å². The van der Waals surface area contributed by atoms with E-state index in [9.17, 15) is 4.79 Å². The van der Waals surface area contributed by atoms with Crippen LogP contribution < -0.4 is 9.47 Å². The number of aromatic carboxylic acids is 1. The number of hydrogen-bond acceptors (Lipinski definition) is 5. The van der Waals surface area contributed by atoms with Gasteiger partial charge in [0.15, 0.2) is 23.0 Å². The molecule has 0 saturated heterocycles. The molecule has 0 unspecified atom stereocenters. The molecule has 2 aromatic rings. The summed E-state index contributed by atoms with van der Waals surface area (Å²) in [6, 6.07) is 4.67. The van der Waals surface area contributed by atoms with Gasteiger partial charge in [0.2, 0.25) is 0 Å². The molecule has 6 nitrogen and oxygen atoms in total. The van der Waals surface area contributed by atoms with Gasteiger partial charge in [0.25, 0.3) is 5.79 Å². The summed E-state index contributed by atoms with van der Waals surface area (Å²) in [6.07, 6.45) is 2.76. The third kappa shape index (κ3) is 1.86. The average Bonchev–Trinajstić information content (AvgIpc) is 3.00. The maximum absolute atomic E-state index is 10.8. The normalized spacial score (nSPS) is 17.8. The van der Waals surface area contributed by atoms with Crippen molar-refractivity contribution in [2.75, 3.05) is 0 Å². The predicted octanol–water partition coefficient (Wildman–Crippen LogP) is 3.34. The van der Waals surface area contributed by atoms with Gasteiger partial charge in [0.1, 0.15) is 0 Å². The van der Waals surface area contributed by atoms with Crippen LogP contribution in [0.15, 0.2) is 22.7 Å². The zero-order valence-electron chi connectivity index (χ0n) is 10.8. The molecule has 108 valence electrons. The molecule has 0 amide bonds. The Kier molecular flexibility index (Phi) is 2.47. The van der Waals surface area contributed by atoms with Crippen molar-refractivity contribution >= 4 is 17.6 Å². The molecule has 1 fully saturated rings. The van der Waals surface area contributed by atoms with Crippen molar-refractivity contribution in [3.63, 3.8) is 0 Å². The van der Waals surface area contributed by atoms with Gasteiger partial charge in [-0.3, -0.25) is 0 Å². The van der Waals surface area contributed by atoms with Gasteiger partial charge in [-0.1, -0.05) is 16.8 Å². The monoisotopic (exact) mass is 307 g/mol. The van der Waals surface area contributed by atoms with Crippen LogP contribution in [0.3, 0.4) is 0 Å². The van der Waals surface area contributed by atoms with E-state index >= 15 is 0 Å². The second-order valence-corrected chi connectivity index (χ2v) is 5.54. The Labute approximate surface area is 124 Å². The smallest absolute Gasteiger partial charge is 0.358 e. The molecule has 0 radical (unpaired) electrons. The molecule has 21 heavy (non-hydrogen) atoms. The molecule has 1 saturated carbocycles. The van der Waals surface area contributed by atoms with E-state index in [1.165, 1.54) is 6.07 Å². The largest absolute Gasteiger partial charge is 0.476 e. The molecule has 1 spiro atoms. The number of carboxylic acid groups (broad SMARTS) is 1. The Morgan fingerprint density at radius 2 is 1.95 bits per heavy atom. The van der Waals surface area contributed by atoms with Crippen molar-refractivity contribution in [1.82, 2.24) is 5.16 Å². The lowest BCUT2D eigenvalue weighted by atomic mass is 9.91. The SMILES string of the molecule is O=C(O)c1cc(-c2cc3c(cc2Cl)OC2(CCC2)O3)on1. The van der Waals surface area contributed by atoms with Crippen LogP contribution in [0, 0.1) is 0 Å². The van der Waals surface area contributed by atoms with Crippen LogP contribution in [0.4, 0.5) is 0 Å². The van der Waals surface area contributed by atoms with Crippen LogP contribution in [-0.4, -0.2) is 22.0 Å². The summed E-state index contributed by atoms with van der Waals surface area (Å²) in [4.78, 5) is 10.8. The highest BCUT2D eigenvalue weighted by molar-refractivity contribution is 6.33. The first-order valence-corrected chi connectivity index (χ1v) is 6.86. The Bertz CT molecular complexity index is 750. The minimum atomic E-state index is -1.16. The van der Waals surface area contributed by atoms with Gasteiger partial charge in [-0.25, -0.2) is 4.79 Å². The fourth-order valence-corrected chi connectivity index (χ4v) is 2.72. The first-order valence-electron chi connectivity index (χ1n) is 6.48.